The predicted octanol–water partition coefficient (Wildman–Crippen LogP) is 1.61. The van der Waals surface area contributed by atoms with Crippen LogP contribution in [0.25, 0.3) is 0 Å². The maximum absolute atomic E-state index is 9.69. The average molecular weight is 289 g/mol. The molecule has 0 radical (unpaired) electrons. The summed E-state index contributed by atoms with van der Waals surface area (Å²) in [5.41, 5.74) is 1.27. The fourth-order valence-electron chi connectivity index (χ4n) is 3.80. The Balaban J connectivity index is 1.55. The highest BCUT2D eigenvalue weighted by Crippen LogP contribution is 2.26. The standard InChI is InChI=1S/C17H27N3O/c21-14-17-13-20(10-15-5-4-6-18-9-15)12-16(17)11-19-7-2-1-3-8-19/h4-6,9,16-17,21H,1-3,7-8,10-14H2/t16-,17-/m0/s1. The van der Waals surface area contributed by atoms with E-state index in [9.17, 15) is 5.11 Å². The van der Waals surface area contributed by atoms with Crippen molar-refractivity contribution in [2.24, 2.45) is 11.8 Å². The molecule has 2 aliphatic heterocycles. The van der Waals surface area contributed by atoms with Crippen LogP contribution >= 0.6 is 0 Å². The molecule has 3 heterocycles. The highest BCUT2D eigenvalue weighted by molar-refractivity contribution is 5.08. The first-order chi connectivity index (χ1) is 10.3. The third-order valence-electron chi connectivity index (χ3n) is 4.96. The molecule has 2 saturated heterocycles. The molecule has 2 atom stereocenters. The minimum atomic E-state index is 0.321. The highest BCUT2D eigenvalue weighted by Gasteiger charge is 2.33. The van der Waals surface area contributed by atoms with E-state index in [-0.39, 0.29) is 0 Å². The van der Waals surface area contributed by atoms with E-state index in [4.69, 9.17) is 0 Å². The van der Waals surface area contributed by atoms with Crippen LogP contribution in [0.4, 0.5) is 0 Å². The van der Waals surface area contributed by atoms with Gasteiger partial charge < -0.3 is 10.0 Å². The van der Waals surface area contributed by atoms with Crippen molar-refractivity contribution in [2.75, 3.05) is 39.3 Å². The third-order valence-corrected chi connectivity index (χ3v) is 4.96. The largest absolute Gasteiger partial charge is 0.396 e. The molecule has 0 aromatic carbocycles. The molecule has 4 nitrogen and oxygen atoms in total. The third kappa shape index (κ3) is 4.02. The van der Waals surface area contributed by atoms with Crippen LogP contribution < -0.4 is 0 Å². The monoisotopic (exact) mass is 289 g/mol. The zero-order valence-electron chi connectivity index (χ0n) is 12.8. The Morgan fingerprint density at radius 1 is 1.10 bits per heavy atom. The van der Waals surface area contributed by atoms with Crippen LogP contribution in [0.5, 0.6) is 0 Å². The van der Waals surface area contributed by atoms with Crippen molar-refractivity contribution in [3.05, 3.63) is 30.1 Å². The molecule has 1 aromatic rings. The lowest BCUT2D eigenvalue weighted by atomic mass is 9.95. The second kappa shape index (κ2) is 7.34. The first-order valence-electron chi connectivity index (χ1n) is 8.29. The maximum atomic E-state index is 9.69. The van der Waals surface area contributed by atoms with Crippen LogP contribution in [0.2, 0.25) is 0 Å². The SMILES string of the molecule is OC[C@@H]1CN(Cc2cccnc2)C[C@@H]1CN1CCCCC1. The number of pyridine rings is 1. The minimum absolute atomic E-state index is 0.321. The number of piperidine rings is 1. The van der Waals surface area contributed by atoms with Crippen molar-refractivity contribution in [1.82, 2.24) is 14.8 Å². The van der Waals surface area contributed by atoms with E-state index in [1.54, 1.807) is 0 Å². The van der Waals surface area contributed by atoms with E-state index in [0.717, 1.165) is 26.2 Å². The average Bonchev–Trinajstić information content (AvgIpc) is 2.91. The highest BCUT2D eigenvalue weighted by atomic mass is 16.3. The van der Waals surface area contributed by atoms with Crippen molar-refractivity contribution in [3.8, 4) is 0 Å². The van der Waals surface area contributed by atoms with Crippen molar-refractivity contribution in [1.29, 1.82) is 0 Å². The van der Waals surface area contributed by atoms with E-state index in [0.29, 0.717) is 18.4 Å². The van der Waals surface area contributed by atoms with E-state index in [1.165, 1.54) is 37.9 Å². The lowest BCUT2D eigenvalue weighted by Crippen LogP contribution is -2.37. The summed E-state index contributed by atoms with van der Waals surface area (Å²) in [6.07, 6.45) is 7.85. The second-order valence-corrected chi connectivity index (χ2v) is 6.62. The van der Waals surface area contributed by atoms with Crippen molar-refractivity contribution >= 4 is 0 Å². The summed E-state index contributed by atoms with van der Waals surface area (Å²) in [6, 6.07) is 4.14. The molecule has 0 amide bonds. The maximum Gasteiger partial charge on any atom is 0.0475 e. The van der Waals surface area contributed by atoms with Crippen molar-refractivity contribution in [3.63, 3.8) is 0 Å². The molecular weight excluding hydrogens is 262 g/mol. The predicted molar refractivity (Wildman–Crippen MR) is 83.9 cm³/mol. The number of aliphatic hydroxyl groups excluding tert-OH is 1. The van der Waals surface area contributed by atoms with E-state index >= 15 is 0 Å². The number of aliphatic hydroxyl groups is 1. The summed E-state index contributed by atoms with van der Waals surface area (Å²) in [4.78, 5) is 9.27. The number of nitrogens with zero attached hydrogens (tertiary/aromatic N) is 3. The Labute approximate surface area is 127 Å². The first kappa shape index (κ1) is 14.9. The molecule has 0 bridgehead atoms. The topological polar surface area (TPSA) is 39.6 Å². The van der Waals surface area contributed by atoms with Gasteiger partial charge in [-0.15, -0.1) is 0 Å². The van der Waals surface area contributed by atoms with Gasteiger partial charge in [0.25, 0.3) is 0 Å². The molecule has 0 saturated carbocycles. The van der Waals surface area contributed by atoms with Gasteiger partial charge in [0.1, 0.15) is 0 Å². The van der Waals surface area contributed by atoms with Gasteiger partial charge in [0.2, 0.25) is 0 Å². The lowest BCUT2D eigenvalue weighted by molar-refractivity contribution is 0.149. The molecule has 21 heavy (non-hydrogen) atoms. The number of rotatable bonds is 5. The van der Waals surface area contributed by atoms with Gasteiger partial charge in [0.15, 0.2) is 0 Å². The van der Waals surface area contributed by atoms with Crippen LogP contribution in [-0.4, -0.2) is 59.2 Å². The van der Waals surface area contributed by atoms with Gasteiger partial charge in [0, 0.05) is 45.2 Å². The summed E-state index contributed by atoms with van der Waals surface area (Å²) in [7, 11) is 0. The fraction of sp³-hybridized carbons (Fsp3) is 0.706. The fourth-order valence-corrected chi connectivity index (χ4v) is 3.80. The van der Waals surface area contributed by atoms with Gasteiger partial charge >= 0.3 is 0 Å². The molecule has 116 valence electrons. The zero-order valence-corrected chi connectivity index (χ0v) is 12.8. The number of likely N-dealkylation sites (tertiary alicyclic amines) is 2. The zero-order chi connectivity index (χ0) is 14.5. The summed E-state index contributed by atoms with van der Waals surface area (Å²) >= 11 is 0. The summed E-state index contributed by atoms with van der Waals surface area (Å²) in [6.45, 7) is 7.06. The normalized spacial score (nSPS) is 28.0. The van der Waals surface area contributed by atoms with Gasteiger partial charge in [-0.2, -0.15) is 0 Å². The van der Waals surface area contributed by atoms with E-state index < -0.39 is 0 Å². The Bertz CT molecular complexity index is 419. The molecule has 0 aliphatic carbocycles. The van der Waals surface area contributed by atoms with E-state index in [1.807, 2.05) is 18.5 Å². The minimum Gasteiger partial charge on any atom is -0.396 e. The van der Waals surface area contributed by atoms with Crippen molar-refractivity contribution in [2.45, 2.75) is 25.8 Å². The quantitative estimate of drug-likeness (QED) is 0.894. The molecule has 1 N–H and O–H groups in total. The Hall–Kier alpha value is -0.970. The van der Waals surface area contributed by atoms with Crippen LogP contribution in [0.3, 0.4) is 0 Å². The molecule has 1 aromatic heterocycles. The molecule has 4 heteroatoms. The number of aromatic nitrogens is 1. The Morgan fingerprint density at radius 2 is 1.90 bits per heavy atom. The molecule has 2 fully saturated rings. The Kier molecular flexibility index (Phi) is 5.22. The van der Waals surface area contributed by atoms with Gasteiger partial charge in [-0.3, -0.25) is 9.88 Å². The molecule has 2 aliphatic rings. The summed E-state index contributed by atoms with van der Waals surface area (Å²) in [5.74, 6) is 1.05. The number of hydrogen-bond acceptors (Lipinski definition) is 4. The molecule has 3 rings (SSSR count). The first-order valence-corrected chi connectivity index (χ1v) is 8.29. The van der Waals surface area contributed by atoms with Gasteiger partial charge in [-0.05, 0) is 49.4 Å². The van der Waals surface area contributed by atoms with E-state index in [2.05, 4.69) is 20.9 Å². The summed E-state index contributed by atoms with van der Waals surface area (Å²) < 4.78 is 0. The number of hydrogen-bond donors (Lipinski definition) is 1. The van der Waals surface area contributed by atoms with Crippen LogP contribution in [0, 0.1) is 11.8 Å². The van der Waals surface area contributed by atoms with Gasteiger partial charge in [-0.1, -0.05) is 12.5 Å². The van der Waals surface area contributed by atoms with Crippen LogP contribution in [0.1, 0.15) is 24.8 Å². The van der Waals surface area contributed by atoms with Gasteiger partial charge in [0.05, 0.1) is 0 Å². The lowest BCUT2D eigenvalue weighted by Gasteiger charge is -2.30. The second-order valence-electron chi connectivity index (χ2n) is 6.62. The van der Waals surface area contributed by atoms with Crippen LogP contribution in [0.15, 0.2) is 24.5 Å². The molecular formula is C17H27N3O. The van der Waals surface area contributed by atoms with Crippen LogP contribution in [-0.2, 0) is 6.54 Å². The Morgan fingerprint density at radius 3 is 2.62 bits per heavy atom. The molecule has 0 unspecified atom stereocenters. The molecule has 0 spiro atoms. The van der Waals surface area contributed by atoms with Gasteiger partial charge in [-0.25, -0.2) is 0 Å². The van der Waals surface area contributed by atoms with Crippen molar-refractivity contribution < 1.29 is 5.11 Å². The smallest absolute Gasteiger partial charge is 0.0475 e. The summed E-state index contributed by atoms with van der Waals surface area (Å²) in [5, 5.41) is 9.69.